The van der Waals surface area contributed by atoms with Crippen LogP contribution in [0.5, 0.6) is 0 Å². The van der Waals surface area contributed by atoms with Crippen molar-refractivity contribution < 1.29 is 13.6 Å². The monoisotopic (exact) mass is 324 g/mol. The van der Waals surface area contributed by atoms with Crippen molar-refractivity contribution in [2.45, 2.75) is 13.3 Å². The van der Waals surface area contributed by atoms with Gasteiger partial charge in [0.05, 0.1) is 4.47 Å². The lowest BCUT2D eigenvalue weighted by Gasteiger charge is -2.06. The van der Waals surface area contributed by atoms with Crippen LogP contribution in [-0.2, 0) is 6.42 Å². The Hall–Kier alpha value is -1.55. The third-order valence-corrected chi connectivity index (χ3v) is 3.63. The molecule has 0 spiro atoms. The van der Waals surface area contributed by atoms with Crippen LogP contribution in [0.1, 0.15) is 21.5 Å². The first kappa shape index (κ1) is 13.9. The quantitative estimate of drug-likeness (QED) is 0.762. The van der Waals surface area contributed by atoms with Crippen molar-refractivity contribution in [3.63, 3.8) is 0 Å². The summed E-state index contributed by atoms with van der Waals surface area (Å²) in [5.41, 5.74) is 1.53. The lowest BCUT2D eigenvalue weighted by Crippen LogP contribution is -2.05. The number of carbonyl (C=O) groups excluding carboxylic acids is 1. The Kier molecular flexibility index (Phi) is 4.10. The van der Waals surface area contributed by atoms with Crippen molar-refractivity contribution in [3.05, 3.63) is 69.2 Å². The number of benzene rings is 2. The summed E-state index contributed by atoms with van der Waals surface area (Å²) >= 11 is 3.11. The van der Waals surface area contributed by atoms with E-state index in [4.69, 9.17) is 0 Å². The second kappa shape index (κ2) is 5.61. The zero-order valence-corrected chi connectivity index (χ0v) is 11.8. The fourth-order valence-electron chi connectivity index (χ4n) is 1.86. The van der Waals surface area contributed by atoms with Gasteiger partial charge in [-0.1, -0.05) is 12.1 Å². The van der Waals surface area contributed by atoms with E-state index in [0.717, 1.165) is 0 Å². The molecule has 1 nitrogen and oxygen atoms in total. The van der Waals surface area contributed by atoms with Crippen LogP contribution in [0, 0.1) is 18.6 Å². The van der Waals surface area contributed by atoms with Crippen molar-refractivity contribution in [1.82, 2.24) is 0 Å². The highest BCUT2D eigenvalue weighted by Crippen LogP contribution is 2.22. The van der Waals surface area contributed by atoms with E-state index in [1.54, 1.807) is 25.1 Å². The summed E-state index contributed by atoms with van der Waals surface area (Å²) in [6, 6.07) is 8.69. The Balaban J connectivity index is 2.28. The molecule has 2 aromatic carbocycles. The highest BCUT2D eigenvalue weighted by Gasteiger charge is 2.12. The summed E-state index contributed by atoms with van der Waals surface area (Å²) in [6.07, 6.45) is 0.0290. The van der Waals surface area contributed by atoms with E-state index < -0.39 is 11.6 Å². The maximum Gasteiger partial charge on any atom is 0.167 e. The second-order valence-electron chi connectivity index (χ2n) is 4.33. The van der Waals surface area contributed by atoms with Gasteiger partial charge in [0.25, 0.3) is 0 Å². The first-order valence-corrected chi connectivity index (χ1v) is 6.50. The Morgan fingerprint density at radius 3 is 2.63 bits per heavy atom. The smallest absolute Gasteiger partial charge is 0.167 e. The zero-order chi connectivity index (χ0) is 14.0. The van der Waals surface area contributed by atoms with Crippen LogP contribution >= 0.6 is 15.9 Å². The molecule has 0 unspecified atom stereocenters. The van der Waals surface area contributed by atoms with Gasteiger partial charge in [-0.3, -0.25) is 4.79 Å². The van der Waals surface area contributed by atoms with Crippen LogP contribution in [0.25, 0.3) is 0 Å². The van der Waals surface area contributed by atoms with Crippen LogP contribution in [0.15, 0.2) is 40.9 Å². The molecule has 2 rings (SSSR count). The number of Topliss-reactive ketones (excluding diaryl/α,β-unsaturated/α-hetero) is 1. The number of ketones is 1. The molecule has 98 valence electrons. The van der Waals surface area contributed by atoms with Gasteiger partial charge in [-0.2, -0.15) is 0 Å². The van der Waals surface area contributed by atoms with Gasteiger partial charge < -0.3 is 0 Å². The molecule has 0 amide bonds. The Bertz CT molecular complexity index is 618. The third-order valence-electron chi connectivity index (χ3n) is 2.75. The van der Waals surface area contributed by atoms with Crippen LogP contribution in [0.4, 0.5) is 8.78 Å². The molecule has 2 aromatic rings. The lowest BCUT2D eigenvalue weighted by atomic mass is 10.0. The zero-order valence-electron chi connectivity index (χ0n) is 10.2. The third kappa shape index (κ3) is 3.26. The number of rotatable bonds is 3. The summed E-state index contributed by atoms with van der Waals surface area (Å²) < 4.78 is 26.9. The average Bonchev–Trinajstić information content (AvgIpc) is 2.33. The predicted molar refractivity (Wildman–Crippen MR) is 73.3 cm³/mol. The molecule has 0 aliphatic heterocycles. The molecular formula is C15H11BrF2O. The number of hydrogen-bond donors (Lipinski definition) is 0. The molecule has 0 aromatic heterocycles. The fraction of sp³-hybridized carbons (Fsp3) is 0.133. The van der Waals surface area contributed by atoms with E-state index in [9.17, 15) is 13.6 Å². The van der Waals surface area contributed by atoms with E-state index in [1.807, 2.05) is 0 Å². The highest BCUT2D eigenvalue weighted by atomic mass is 79.9. The molecule has 0 aliphatic carbocycles. The standard InChI is InChI=1S/C15H11BrF2O/c1-9-5-11(7-12(17)6-9)14(19)8-10-3-2-4-13(18)15(10)16/h2-7H,8H2,1H3. The van der Waals surface area contributed by atoms with Crippen molar-refractivity contribution >= 4 is 21.7 Å². The summed E-state index contributed by atoms with van der Waals surface area (Å²) in [4.78, 5) is 12.1. The number of aryl methyl sites for hydroxylation is 1. The van der Waals surface area contributed by atoms with Crippen LogP contribution in [-0.4, -0.2) is 5.78 Å². The highest BCUT2D eigenvalue weighted by molar-refractivity contribution is 9.10. The van der Waals surface area contributed by atoms with Gasteiger partial charge in [0.2, 0.25) is 0 Å². The summed E-state index contributed by atoms with van der Waals surface area (Å²) in [6.45, 7) is 1.72. The normalized spacial score (nSPS) is 10.5. The van der Waals surface area contributed by atoms with Gasteiger partial charge in [-0.15, -0.1) is 0 Å². The molecule has 0 heterocycles. The van der Waals surface area contributed by atoms with E-state index >= 15 is 0 Å². The first-order chi connectivity index (χ1) is 8.97. The largest absolute Gasteiger partial charge is 0.294 e. The minimum absolute atomic E-state index is 0.0290. The minimum atomic E-state index is -0.443. The van der Waals surface area contributed by atoms with E-state index in [1.165, 1.54) is 18.2 Å². The van der Waals surface area contributed by atoms with E-state index in [2.05, 4.69) is 15.9 Å². The molecule has 19 heavy (non-hydrogen) atoms. The van der Waals surface area contributed by atoms with Crippen LogP contribution < -0.4 is 0 Å². The van der Waals surface area contributed by atoms with Gasteiger partial charge in [0.1, 0.15) is 11.6 Å². The van der Waals surface area contributed by atoms with Gasteiger partial charge in [0, 0.05) is 12.0 Å². The molecular weight excluding hydrogens is 314 g/mol. The molecule has 4 heteroatoms. The van der Waals surface area contributed by atoms with Crippen LogP contribution in [0.2, 0.25) is 0 Å². The number of halogens is 3. The summed E-state index contributed by atoms with van der Waals surface area (Å²) in [7, 11) is 0. The first-order valence-electron chi connectivity index (χ1n) is 5.70. The molecule has 0 saturated heterocycles. The maximum absolute atomic E-state index is 13.3. The van der Waals surface area contributed by atoms with Gasteiger partial charge in [-0.05, 0) is 58.2 Å². The molecule has 0 aliphatic rings. The molecule has 0 N–H and O–H groups in total. The second-order valence-corrected chi connectivity index (χ2v) is 5.12. The minimum Gasteiger partial charge on any atom is -0.294 e. The van der Waals surface area contributed by atoms with E-state index in [-0.39, 0.29) is 16.7 Å². The SMILES string of the molecule is Cc1cc(F)cc(C(=O)Cc2cccc(F)c2Br)c1. The molecule has 0 radical (unpaired) electrons. The molecule has 0 saturated carbocycles. The van der Waals surface area contributed by atoms with Gasteiger partial charge in [0.15, 0.2) is 5.78 Å². The lowest BCUT2D eigenvalue weighted by molar-refractivity contribution is 0.0992. The number of carbonyl (C=O) groups is 1. The average molecular weight is 325 g/mol. The molecule has 0 atom stereocenters. The molecule has 0 fully saturated rings. The van der Waals surface area contributed by atoms with Crippen molar-refractivity contribution in [3.8, 4) is 0 Å². The fourth-order valence-corrected chi connectivity index (χ4v) is 2.26. The topological polar surface area (TPSA) is 17.1 Å². The summed E-state index contributed by atoms with van der Waals surface area (Å²) in [5, 5.41) is 0. The van der Waals surface area contributed by atoms with Gasteiger partial charge >= 0.3 is 0 Å². The summed E-state index contributed by atoms with van der Waals surface area (Å²) in [5.74, 6) is -1.10. The Morgan fingerprint density at radius 1 is 1.21 bits per heavy atom. The maximum atomic E-state index is 13.3. The Labute approximate surface area is 118 Å². The Morgan fingerprint density at radius 2 is 1.95 bits per heavy atom. The van der Waals surface area contributed by atoms with Gasteiger partial charge in [-0.25, -0.2) is 8.78 Å². The van der Waals surface area contributed by atoms with Crippen LogP contribution in [0.3, 0.4) is 0 Å². The van der Waals surface area contributed by atoms with Crippen molar-refractivity contribution in [1.29, 1.82) is 0 Å². The predicted octanol–water partition coefficient (Wildman–Crippen LogP) is 4.46. The molecule has 0 bridgehead atoms. The van der Waals surface area contributed by atoms with Crippen molar-refractivity contribution in [2.24, 2.45) is 0 Å². The van der Waals surface area contributed by atoms with Crippen molar-refractivity contribution in [2.75, 3.05) is 0 Å². The number of hydrogen-bond acceptors (Lipinski definition) is 1. The van der Waals surface area contributed by atoms with E-state index in [0.29, 0.717) is 16.7 Å².